The van der Waals surface area contributed by atoms with Crippen molar-refractivity contribution in [2.75, 3.05) is 6.54 Å². The number of allylic oxidation sites excluding steroid dienone is 1. The third kappa shape index (κ3) is 3.70. The van der Waals surface area contributed by atoms with Crippen molar-refractivity contribution in [1.29, 1.82) is 0 Å². The first-order chi connectivity index (χ1) is 2.41. The number of nitrogens with two attached hydrogens (primary N) is 1. The van der Waals surface area contributed by atoms with Crippen LogP contribution in [0.3, 0.4) is 0 Å². The van der Waals surface area contributed by atoms with Crippen LogP contribution in [0.4, 0.5) is 0 Å². The van der Waals surface area contributed by atoms with Gasteiger partial charge in [0.2, 0.25) is 0 Å². The number of rotatable bonds is 1. The minimum absolute atomic E-state index is 0.608. The van der Waals surface area contributed by atoms with Crippen molar-refractivity contribution in [1.82, 2.24) is 0 Å². The molecule has 0 saturated carbocycles. The molecule has 0 aliphatic heterocycles. The Kier molecular flexibility index (Phi) is 3.48. The van der Waals surface area contributed by atoms with E-state index in [0.717, 1.165) is 0 Å². The second-order valence-electron chi connectivity index (χ2n) is 0.729. The van der Waals surface area contributed by atoms with Crippen molar-refractivity contribution in [3.8, 4) is 0 Å². The largest absolute Gasteiger partial charge is 0.327 e. The fraction of sp³-hybridized carbons (Fsp3) is 0.500. The maximum Gasteiger partial charge on any atom is 0.0112 e. The van der Waals surface area contributed by atoms with Gasteiger partial charge in [0.05, 0.1) is 0 Å². The van der Waals surface area contributed by atoms with Gasteiger partial charge in [-0.3, -0.25) is 0 Å². The van der Waals surface area contributed by atoms with E-state index in [9.17, 15) is 0 Å². The molecule has 0 saturated heterocycles. The first-order valence-electron chi connectivity index (χ1n) is 1.61. The quantitative estimate of drug-likeness (QED) is 0.472. The smallest absolute Gasteiger partial charge is 0.0112 e. The molecule has 0 aliphatic rings. The highest BCUT2D eigenvalue weighted by atomic mass is 14.5. The van der Waals surface area contributed by atoms with Gasteiger partial charge in [-0.05, 0) is 6.92 Å². The number of hydrogen-bond donors (Lipinski definition) is 1. The van der Waals surface area contributed by atoms with Crippen LogP contribution in [0.25, 0.3) is 0 Å². The molecule has 2 N–H and O–H groups in total. The molecule has 0 aromatic carbocycles. The predicted molar refractivity (Wildman–Crippen MR) is 22.5 cm³/mol. The summed E-state index contributed by atoms with van der Waals surface area (Å²) >= 11 is 0. The Morgan fingerprint density at radius 1 is 2.00 bits per heavy atom. The van der Waals surface area contributed by atoms with Crippen molar-refractivity contribution in [2.45, 2.75) is 6.92 Å². The Morgan fingerprint density at radius 3 is 2.60 bits per heavy atom. The minimum Gasteiger partial charge on any atom is -0.327 e. The van der Waals surface area contributed by atoms with Crippen LogP contribution in [0.5, 0.6) is 0 Å². The van der Waals surface area contributed by atoms with Crippen LogP contribution >= 0.6 is 0 Å². The third-order valence-corrected chi connectivity index (χ3v) is 0.322. The summed E-state index contributed by atoms with van der Waals surface area (Å²) in [6.07, 6.45) is 4.55. The van der Waals surface area contributed by atoms with Crippen LogP contribution in [0, 0.1) is 6.08 Å². The van der Waals surface area contributed by atoms with Crippen molar-refractivity contribution in [3.63, 3.8) is 0 Å². The van der Waals surface area contributed by atoms with Gasteiger partial charge in [0, 0.05) is 6.54 Å². The molecule has 0 atom stereocenters. The Labute approximate surface area is 32.5 Å². The number of hydrogen-bond acceptors (Lipinski definition) is 1. The molecule has 0 aliphatic carbocycles. The van der Waals surface area contributed by atoms with E-state index >= 15 is 0 Å². The summed E-state index contributed by atoms with van der Waals surface area (Å²) in [7, 11) is 0. The molecule has 0 bridgehead atoms. The Morgan fingerprint density at radius 2 is 2.60 bits per heavy atom. The zero-order valence-electron chi connectivity index (χ0n) is 3.36. The second-order valence-corrected chi connectivity index (χ2v) is 0.729. The predicted octanol–water partition coefficient (Wildman–Crippen LogP) is 0.324. The average molecular weight is 70.1 g/mol. The topological polar surface area (TPSA) is 26.0 Å². The summed E-state index contributed by atoms with van der Waals surface area (Å²) < 4.78 is 0. The minimum atomic E-state index is 0.608. The van der Waals surface area contributed by atoms with E-state index in [2.05, 4.69) is 6.08 Å². The SMILES string of the molecule is C/[C]=C/CN. The van der Waals surface area contributed by atoms with Gasteiger partial charge in [-0.15, -0.1) is 0 Å². The maximum absolute atomic E-state index is 5.02. The molecule has 1 nitrogen and oxygen atoms in total. The van der Waals surface area contributed by atoms with Crippen LogP contribution in [0.2, 0.25) is 0 Å². The molecular weight excluding hydrogens is 62.1 g/mol. The molecule has 0 rings (SSSR count). The van der Waals surface area contributed by atoms with E-state index in [1.807, 2.05) is 6.92 Å². The van der Waals surface area contributed by atoms with Gasteiger partial charge in [0.1, 0.15) is 0 Å². The monoisotopic (exact) mass is 70.1 g/mol. The molecule has 0 spiro atoms. The molecule has 29 valence electrons. The maximum atomic E-state index is 5.02. The highest BCUT2D eigenvalue weighted by Gasteiger charge is 1.52. The average Bonchev–Trinajstić information content (AvgIpc) is 1.41. The van der Waals surface area contributed by atoms with E-state index in [4.69, 9.17) is 5.73 Å². The van der Waals surface area contributed by atoms with Crippen LogP contribution in [-0.4, -0.2) is 6.54 Å². The van der Waals surface area contributed by atoms with Crippen molar-refractivity contribution >= 4 is 0 Å². The highest BCUT2D eigenvalue weighted by Crippen LogP contribution is 1.55. The Balaban J connectivity index is 2.62. The third-order valence-electron chi connectivity index (χ3n) is 0.322. The normalized spacial score (nSPS) is 10.0. The lowest BCUT2D eigenvalue weighted by atomic mass is 10.5. The summed E-state index contributed by atoms with van der Waals surface area (Å²) in [5.41, 5.74) is 5.02. The Hall–Kier alpha value is -0.300. The lowest BCUT2D eigenvalue weighted by molar-refractivity contribution is 1.24. The fourth-order valence-corrected chi connectivity index (χ4v) is 0.118. The molecule has 0 heterocycles. The molecule has 1 radical (unpaired) electrons. The van der Waals surface area contributed by atoms with Gasteiger partial charge < -0.3 is 5.73 Å². The van der Waals surface area contributed by atoms with Crippen LogP contribution in [0.15, 0.2) is 6.08 Å². The first-order valence-corrected chi connectivity index (χ1v) is 1.61. The summed E-state index contributed by atoms with van der Waals surface area (Å²) in [5, 5.41) is 0. The van der Waals surface area contributed by atoms with Crippen LogP contribution < -0.4 is 5.73 Å². The first kappa shape index (κ1) is 4.70. The zero-order valence-corrected chi connectivity index (χ0v) is 3.36. The van der Waals surface area contributed by atoms with Gasteiger partial charge in [-0.25, -0.2) is 0 Å². The van der Waals surface area contributed by atoms with Crippen molar-refractivity contribution in [3.05, 3.63) is 12.2 Å². The second kappa shape index (κ2) is 3.70. The van der Waals surface area contributed by atoms with E-state index < -0.39 is 0 Å². The van der Waals surface area contributed by atoms with E-state index in [1.165, 1.54) is 0 Å². The molecular formula is C4H8N. The van der Waals surface area contributed by atoms with Crippen LogP contribution in [-0.2, 0) is 0 Å². The van der Waals surface area contributed by atoms with Gasteiger partial charge in [0.25, 0.3) is 0 Å². The fourth-order valence-electron chi connectivity index (χ4n) is 0.118. The van der Waals surface area contributed by atoms with E-state index in [1.54, 1.807) is 6.08 Å². The Bertz CT molecular complexity index is 30.6. The molecule has 1 heteroatoms. The molecule has 0 aromatic heterocycles. The van der Waals surface area contributed by atoms with Gasteiger partial charge in [-0.1, -0.05) is 12.2 Å². The zero-order chi connectivity index (χ0) is 4.12. The molecule has 0 aromatic rings. The van der Waals surface area contributed by atoms with Gasteiger partial charge in [-0.2, -0.15) is 0 Å². The standard InChI is InChI=1S/C4H8N/c1-2-3-4-5/h3H,4-5H2,1H3. The molecule has 0 amide bonds. The molecule has 0 fully saturated rings. The summed E-state index contributed by atoms with van der Waals surface area (Å²) in [6, 6.07) is 0. The summed E-state index contributed by atoms with van der Waals surface area (Å²) in [5.74, 6) is 0. The van der Waals surface area contributed by atoms with Gasteiger partial charge >= 0.3 is 0 Å². The summed E-state index contributed by atoms with van der Waals surface area (Å²) in [6.45, 7) is 2.43. The molecule has 5 heavy (non-hydrogen) atoms. The van der Waals surface area contributed by atoms with Gasteiger partial charge in [0.15, 0.2) is 0 Å². The molecule has 0 unspecified atom stereocenters. The lowest BCUT2D eigenvalue weighted by Crippen LogP contribution is -1.91. The lowest BCUT2D eigenvalue weighted by Gasteiger charge is -1.66. The highest BCUT2D eigenvalue weighted by molar-refractivity contribution is 4.68. The van der Waals surface area contributed by atoms with Crippen molar-refractivity contribution < 1.29 is 0 Å². The van der Waals surface area contributed by atoms with E-state index in [0.29, 0.717) is 6.54 Å². The van der Waals surface area contributed by atoms with E-state index in [-0.39, 0.29) is 0 Å². The van der Waals surface area contributed by atoms with Crippen molar-refractivity contribution in [2.24, 2.45) is 5.73 Å². The van der Waals surface area contributed by atoms with Crippen LogP contribution in [0.1, 0.15) is 6.92 Å². The summed E-state index contributed by atoms with van der Waals surface area (Å²) in [4.78, 5) is 0.